The molecule has 2 aromatic rings. The molecule has 0 fully saturated rings. The van der Waals surface area contributed by atoms with Gasteiger partial charge in [0.15, 0.2) is 5.96 Å². The maximum atomic E-state index is 9.31. The SMILES string of the molecule is CN=C(NCCCc1ccc(O)cc1)N1CCc2ccccc2C1.I. The highest BCUT2D eigenvalue weighted by Gasteiger charge is 2.18. The van der Waals surface area contributed by atoms with Crippen molar-refractivity contribution in [3.8, 4) is 5.75 Å². The minimum absolute atomic E-state index is 0. The van der Waals surface area contributed by atoms with E-state index in [0.717, 1.165) is 44.9 Å². The molecule has 2 N–H and O–H groups in total. The molecule has 1 aliphatic rings. The molecule has 0 aromatic heterocycles. The Kier molecular flexibility index (Phi) is 7.55. The first-order valence-electron chi connectivity index (χ1n) is 8.56. The van der Waals surface area contributed by atoms with E-state index < -0.39 is 0 Å². The highest BCUT2D eigenvalue weighted by Crippen LogP contribution is 2.18. The van der Waals surface area contributed by atoms with Gasteiger partial charge < -0.3 is 15.3 Å². The molecule has 0 atom stereocenters. The van der Waals surface area contributed by atoms with Crippen molar-refractivity contribution in [1.29, 1.82) is 0 Å². The van der Waals surface area contributed by atoms with Crippen LogP contribution in [-0.2, 0) is 19.4 Å². The number of aryl methyl sites for hydroxylation is 1. The standard InChI is InChI=1S/C20H25N3O.HI/c1-21-20(22-13-4-5-16-8-10-19(24)11-9-16)23-14-12-17-6-2-3-7-18(17)15-23;/h2-3,6-11,24H,4-5,12-15H2,1H3,(H,21,22);1H. The molecule has 0 radical (unpaired) electrons. The van der Waals surface area contributed by atoms with Crippen molar-refractivity contribution in [2.45, 2.75) is 25.8 Å². The van der Waals surface area contributed by atoms with Gasteiger partial charge in [0, 0.05) is 26.7 Å². The van der Waals surface area contributed by atoms with Crippen LogP contribution in [0, 0.1) is 0 Å². The van der Waals surface area contributed by atoms with Crippen molar-refractivity contribution in [1.82, 2.24) is 10.2 Å². The topological polar surface area (TPSA) is 47.9 Å². The van der Waals surface area contributed by atoms with Crippen LogP contribution in [0.15, 0.2) is 53.5 Å². The highest BCUT2D eigenvalue weighted by atomic mass is 127. The molecule has 1 heterocycles. The number of rotatable bonds is 4. The molecular weight excluding hydrogens is 425 g/mol. The molecular formula is C20H26IN3O. The minimum atomic E-state index is 0. The predicted octanol–water partition coefficient (Wildman–Crippen LogP) is 3.58. The number of benzene rings is 2. The van der Waals surface area contributed by atoms with Gasteiger partial charge in [-0.15, -0.1) is 24.0 Å². The first-order valence-corrected chi connectivity index (χ1v) is 8.56. The van der Waals surface area contributed by atoms with Crippen LogP contribution >= 0.6 is 24.0 Å². The maximum absolute atomic E-state index is 9.31. The zero-order valence-electron chi connectivity index (χ0n) is 14.6. The molecule has 25 heavy (non-hydrogen) atoms. The lowest BCUT2D eigenvalue weighted by Crippen LogP contribution is -2.44. The molecule has 0 amide bonds. The van der Waals surface area contributed by atoms with Gasteiger partial charge in [-0.3, -0.25) is 4.99 Å². The third-order valence-electron chi connectivity index (χ3n) is 4.50. The second-order valence-electron chi connectivity index (χ2n) is 6.18. The van der Waals surface area contributed by atoms with E-state index in [-0.39, 0.29) is 24.0 Å². The van der Waals surface area contributed by atoms with Gasteiger partial charge in [-0.05, 0) is 48.1 Å². The Labute approximate surface area is 167 Å². The van der Waals surface area contributed by atoms with E-state index in [4.69, 9.17) is 0 Å². The number of halogens is 1. The maximum Gasteiger partial charge on any atom is 0.193 e. The lowest BCUT2D eigenvalue weighted by Gasteiger charge is -2.31. The fourth-order valence-corrected chi connectivity index (χ4v) is 3.16. The van der Waals surface area contributed by atoms with Crippen LogP contribution in [0.1, 0.15) is 23.1 Å². The van der Waals surface area contributed by atoms with Gasteiger partial charge in [-0.2, -0.15) is 0 Å². The van der Waals surface area contributed by atoms with Gasteiger partial charge in [0.1, 0.15) is 5.75 Å². The van der Waals surface area contributed by atoms with Gasteiger partial charge in [0.2, 0.25) is 0 Å². The van der Waals surface area contributed by atoms with E-state index in [9.17, 15) is 5.11 Å². The molecule has 134 valence electrons. The van der Waals surface area contributed by atoms with E-state index in [2.05, 4.69) is 39.5 Å². The van der Waals surface area contributed by atoms with Crippen LogP contribution < -0.4 is 5.32 Å². The van der Waals surface area contributed by atoms with Gasteiger partial charge in [0.05, 0.1) is 0 Å². The fraction of sp³-hybridized carbons (Fsp3) is 0.350. The summed E-state index contributed by atoms with van der Waals surface area (Å²) in [4.78, 5) is 6.76. The van der Waals surface area contributed by atoms with Crippen LogP contribution in [-0.4, -0.2) is 36.1 Å². The summed E-state index contributed by atoms with van der Waals surface area (Å²) in [6.45, 7) is 2.83. The number of hydrogen-bond acceptors (Lipinski definition) is 2. The van der Waals surface area contributed by atoms with E-state index in [1.54, 1.807) is 12.1 Å². The normalized spacial score (nSPS) is 13.8. The van der Waals surface area contributed by atoms with Gasteiger partial charge in [-0.25, -0.2) is 0 Å². The lowest BCUT2D eigenvalue weighted by atomic mass is 10.0. The number of aliphatic imine (C=N–C) groups is 1. The molecule has 3 rings (SSSR count). The molecule has 0 saturated heterocycles. The Morgan fingerprint density at radius 3 is 2.56 bits per heavy atom. The number of nitrogens with zero attached hydrogens (tertiary/aromatic N) is 2. The van der Waals surface area contributed by atoms with Crippen molar-refractivity contribution in [3.63, 3.8) is 0 Å². The lowest BCUT2D eigenvalue weighted by molar-refractivity contribution is 0.378. The summed E-state index contributed by atoms with van der Waals surface area (Å²) in [6.07, 6.45) is 3.10. The van der Waals surface area contributed by atoms with Crippen LogP contribution in [0.2, 0.25) is 0 Å². The summed E-state index contributed by atoms with van der Waals surface area (Å²) in [5.41, 5.74) is 4.10. The first kappa shape index (κ1) is 19.6. The second-order valence-corrected chi connectivity index (χ2v) is 6.18. The number of hydrogen-bond donors (Lipinski definition) is 2. The van der Waals surface area contributed by atoms with Crippen LogP contribution in [0.5, 0.6) is 5.75 Å². The number of aromatic hydroxyl groups is 1. The summed E-state index contributed by atoms with van der Waals surface area (Å²) in [6, 6.07) is 16.1. The molecule has 5 heteroatoms. The van der Waals surface area contributed by atoms with E-state index >= 15 is 0 Å². The van der Waals surface area contributed by atoms with Gasteiger partial charge in [0.25, 0.3) is 0 Å². The van der Waals surface area contributed by atoms with Crippen molar-refractivity contribution < 1.29 is 5.11 Å². The molecule has 0 saturated carbocycles. The molecule has 2 aromatic carbocycles. The second kappa shape index (κ2) is 9.65. The highest BCUT2D eigenvalue weighted by molar-refractivity contribution is 14.0. The van der Waals surface area contributed by atoms with E-state index in [0.29, 0.717) is 5.75 Å². The zero-order valence-corrected chi connectivity index (χ0v) is 16.9. The van der Waals surface area contributed by atoms with Crippen molar-refractivity contribution >= 4 is 29.9 Å². The van der Waals surface area contributed by atoms with Gasteiger partial charge >= 0.3 is 0 Å². The monoisotopic (exact) mass is 451 g/mol. The average Bonchev–Trinajstić information content (AvgIpc) is 2.63. The zero-order chi connectivity index (χ0) is 16.8. The number of fused-ring (bicyclic) bond motifs is 1. The third kappa shape index (κ3) is 5.36. The Balaban J connectivity index is 0.00000225. The summed E-state index contributed by atoms with van der Waals surface area (Å²) in [5, 5.41) is 12.8. The molecule has 1 aliphatic heterocycles. The summed E-state index contributed by atoms with van der Waals surface area (Å²) in [7, 11) is 1.85. The Morgan fingerprint density at radius 2 is 1.84 bits per heavy atom. The van der Waals surface area contributed by atoms with E-state index in [1.165, 1.54) is 16.7 Å². The van der Waals surface area contributed by atoms with Gasteiger partial charge in [-0.1, -0.05) is 36.4 Å². The largest absolute Gasteiger partial charge is 0.508 e. The number of phenols is 1. The molecule has 4 nitrogen and oxygen atoms in total. The van der Waals surface area contributed by atoms with Crippen molar-refractivity contribution in [2.75, 3.05) is 20.1 Å². The van der Waals surface area contributed by atoms with Crippen molar-refractivity contribution in [3.05, 3.63) is 65.2 Å². The van der Waals surface area contributed by atoms with Crippen LogP contribution in [0.4, 0.5) is 0 Å². The summed E-state index contributed by atoms with van der Waals surface area (Å²) < 4.78 is 0. The smallest absolute Gasteiger partial charge is 0.193 e. The number of phenolic OH excluding ortho intramolecular Hbond substituents is 1. The molecule has 0 unspecified atom stereocenters. The first-order chi connectivity index (χ1) is 11.8. The molecule has 0 bridgehead atoms. The minimum Gasteiger partial charge on any atom is -0.508 e. The number of guanidine groups is 1. The summed E-state index contributed by atoms with van der Waals surface area (Å²) in [5.74, 6) is 1.30. The third-order valence-corrected chi connectivity index (χ3v) is 4.50. The Morgan fingerprint density at radius 1 is 1.12 bits per heavy atom. The molecule has 0 spiro atoms. The Hall–Kier alpha value is -1.76. The quantitative estimate of drug-likeness (QED) is 0.324. The average molecular weight is 451 g/mol. The fourth-order valence-electron chi connectivity index (χ4n) is 3.16. The van der Waals surface area contributed by atoms with E-state index in [1.807, 2.05) is 19.2 Å². The Bertz CT molecular complexity index is 700. The predicted molar refractivity (Wildman–Crippen MR) is 114 cm³/mol. The van der Waals surface area contributed by atoms with Crippen LogP contribution in [0.25, 0.3) is 0 Å². The number of nitrogens with one attached hydrogen (secondary N) is 1. The molecule has 0 aliphatic carbocycles. The van der Waals surface area contributed by atoms with Crippen molar-refractivity contribution in [2.24, 2.45) is 4.99 Å². The summed E-state index contributed by atoms with van der Waals surface area (Å²) >= 11 is 0. The van der Waals surface area contributed by atoms with Crippen LogP contribution in [0.3, 0.4) is 0 Å².